The van der Waals surface area contributed by atoms with E-state index in [1.54, 1.807) is 31.2 Å². The molecule has 2 aromatic carbocycles. The van der Waals surface area contributed by atoms with E-state index in [1.165, 1.54) is 17.7 Å². The molecular weight excluding hydrogens is 416 g/mol. The van der Waals surface area contributed by atoms with Gasteiger partial charge in [-0.1, -0.05) is 30.3 Å². The number of carbonyl (C=O) groups is 1. The lowest BCUT2D eigenvalue weighted by atomic mass is 10.1. The predicted molar refractivity (Wildman–Crippen MR) is 128 cm³/mol. The van der Waals surface area contributed by atoms with E-state index in [0.29, 0.717) is 28.8 Å². The lowest BCUT2D eigenvalue weighted by Crippen LogP contribution is -2.26. The van der Waals surface area contributed by atoms with Crippen molar-refractivity contribution < 1.29 is 9.90 Å². The average molecular weight is 438 g/mol. The van der Waals surface area contributed by atoms with Crippen LogP contribution in [-0.4, -0.2) is 26.7 Å². The molecule has 7 heteroatoms. The summed E-state index contributed by atoms with van der Waals surface area (Å²) in [4.78, 5) is 32.1. The molecule has 164 valence electrons. The number of hydrogen-bond donors (Lipinski definition) is 2. The highest BCUT2D eigenvalue weighted by Gasteiger charge is 2.18. The largest absolute Gasteiger partial charge is 0.494 e. The van der Waals surface area contributed by atoms with E-state index in [2.05, 4.69) is 9.98 Å². The Morgan fingerprint density at radius 2 is 2.03 bits per heavy atom. The van der Waals surface area contributed by atoms with Gasteiger partial charge in [0.2, 0.25) is 5.88 Å². The number of hydrogen-bond acceptors (Lipinski definition) is 5. The fourth-order valence-electron chi connectivity index (χ4n) is 3.85. The molecule has 4 rings (SSSR count). The van der Waals surface area contributed by atoms with Gasteiger partial charge in [0.05, 0.1) is 11.3 Å². The molecule has 0 atom stereocenters. The molecule has 2 N–H and O–H groups in total. The highest BCUT2D eigenvalue weighted by Crippen LogP contribution is 2.23. The number of ketones is 1. The van der Waals surface area contributed by atoms with E-state index >= 15 is 0 Å². The number of Topliss-reactive ketones (excluding diaryl/α,β-unsaturated/α-hetero) is 1. The Balaban J connectivity index is 1.72. The number of nitrogens with one attached hydrogen (secondary N) is 1. The minimum atomic E-state index is -0.539. The van der Waals surface area contributed by atoms with Crippen LogP contribution in [0, 0.1) is 18.3 Å². The van der Waals surface area contributed by atoms with E-state index in [-0.39, 0.29) is 23.8 Å². The summed E-state index contributed by atoms with van der Waals surface area (Å²) in [6.07, 6.45) is 3.80. The maximum atomic E-state index is 12.9. The Bertz CT molecular complexity index is 1500. The second kappa shape index (κ2) is 8.97. The van der Waals surface area contributed by atoms with Crippen molar-refractivity contribution in [3.8, 4) is 11.9 Å². The summed E-state index contributed by atoms with van der Waals surface area (Å²) < 4.78 is 1.21. The van der Waals surface area contributed by atoms with Gasteiger partial charge in [-0.3, -0.25) is 19.1 Å². The van der Waals surface area contributed by atoms with Gasteiger partial charge < -0.3 is 10.1 Å². The molecule has 0 saturated heterocycles. The number of aryl methyl sites for hydroxylation is 1. The van der Waals surface area contributed by atoms with E-state index in [0.717, 1.165) is 16.5 Å². The standard InChI is InChI=1S/C26H22N4O3/c1-16-22(13-27)25(32)30(11-10-19-14-29-24-9-4-3-8-21(19)24)26(33)23(16)15-28-20-7-5-6-18(12-20)17(2)31/h3-9,12,14-15,29,33H,10-11H2,1-2H3. The molecule has 0 aliphatic carbocycles. The second-order valence-electron chi connectivity index (χ2n) is 7.78. The number of para-hydroxylation sites is 1. The Morgan fingerprint density at radius 3 is 2.79 bits per heavy atom. The van der Waals surface area contributed by atoms with Crippen molar-refractivity contribution in [1.29, 1.82) is 5.26 Å². The van der Waals surface area contributed by atoms with Crippen molar-refractivity contribution in [2.75, 3.05) is 0 Å². The molecule has 0 radical (unpaired) electrons. The SMILES string of the molecule is CC(=O)c1cccc(N=Cc2c(C)c(C#N)c(=O)n(CCc3c[nH]c4ccccc34)c2O)c1. The van der Waals surface area contributed by atoms with Crippen LogP contribution in [0.3, 0.4) is 0 Å². The number of aromatic hydroxyl groups is 1. The number of benzene rings is 2. The molecule has 0 aliphatic rings. The Hall–Kier alpha value is -4.44. The van der Waals surface area contributed by atoms with Crippen LogP contribution in [0.1, 0.15) is 39.5 Å². The fraction of sp³-hybridized carbons (Fsp3) is 0.154. The van der Waals surface area contributed by atoms with Gasteiger partial charge in [-0.15, -0.1) is 0 Å². The summed E-state index contributed by atoms with van der Waals surface area (Å²) in [6.45, 7) is 3.28. The number of carbonyl (C=O) groups excluding carboxylic acids is 1. The smallest absolute Gasteiger partial charge is 0.271 e. The van der Waals surface area contributed by atoms with E-state index < -0.39 is 5.56 Å². The normalized spacial score (nSPS) is 11.2. The lowest BCUT2D eigenvalue weighted by molar-refractivity contribution is 0.101. The molecule has 0 unspecified atom stereocenters. The Labute approximate surface area is 190 Å². The van der Waals surface area contributed by atoms with Crippen molar-refractivity contribution in [3.05, 3.63) is 92.9 Å². The minimum Gasteiger partial charge on any atom is -0.494 e. The number of nitrogens with zero attached hydrogens (tertiary/aromatic N) is 3. The van der Waals surface area contributed by atoms with Crippen LogP contribution in [0.25, 0.3) is 10.9 Å². The van der Waals surface area contributed by atoms with Crippen LogP contribution in [0.2, 0.25) is 0 Å². The fourth-order valence-corrected chi connectivity index (χ4v) is 3.85. The summed E-state index contributed by atoms with van der Waals surface area (Å²) in [5, 5.41) is 21.6. The first-order valence-corrected chi connectivity index (χ1v) is 10.5. The third kappa shape index (κ3) is 4.19. The number of H-pyrrole nitrogens is 1. The van der Waals surface area contributed by atoms with Crippen molar-refractivity contribution in [2.24, 2.45) is 4.99 Å². The van der Waals surface area contributed by atoms with Gasteiger partial charge in [-0.25, -0.2) is 0 Å². The molecule has 7 nitrogen and oxygen atoms in total. The number of rotatable bonds is 6. The van der Waals surface area contributed by atoms with Gasteiger partial charge in [0, 0.05) is 35.4 Å². The van der Waals surface area contributed by atoms with Crippen molar-refractivity contribution in [2.45, 2.75) is 26.8 Å². The molecule has 0 saturated carbocycles. The molecule has 0 bridgehead atoms. The van der Waals surface area contributed by atoms with Crippen LogP contribution in [-0.2, 0) is 13.0 Å². The number of aromatic amines is 1. The summed E-state index contributed by atoms with van der Waals surface area (Å²) in [5.41, 5.74) is 3.11. The molecule has 0 aliphatic heterocycles. The summed E-state index contributed by atoms with van der Waals surface area (Å²) in [5.74, 6) is -0.327. The first kappa shape index (κ1) is 21.8. The highest BCUT2D eigenvalue weighted by atomic mass is 16.3. The van der Waals surface area contributed by atoms with E-state index in [4.69, 9.17) is 0 Å². The third-order valence-electron chi connectivity index (χ3n) is 5.72. The predicted octanol–water partition coefficient (Wildman–Crippen LogP) is 4.41. The summed E-state index contributed by atoms with van der Waals surface area (Å²) in [6, 6.07) is 16.6. The van der Waals surface area contributed by atoms with Gasteiger partial charge in [0.1, 0.15) is 11.6 Å². The first-order chi connectivity index (χ1) is 15.9. The van der Waals surface area contributed by atoms with Crippen molar-refractivity contribution in [3.63, 3.8) is 0 Å². The van der Waals surface area contributed by atoms with Crippen LogP contribution in [0.4, 0.5) is 5.69 Å². The van der Waals surface area contributed by atoms with Gasteiger partial charge in [-0.05, 0) is 49.6 Å². The van der Waals surface area contributed by atoms with E-state index in [9.17, 15) is 20.0 Å². The third-order valence-corrected chi connectivity index (χ3v) is 5.72. The number of aromatic nitrogens is 2. The van der Waals surface area contributed by atoms with Gasteiger partial charge in [-0.2, -0.15) is 5.26 Å². The Morgan fingerprint density at radius 1 is 1.24 bits per heavy atom. The second-order valence-corrected chi connectivity index (χ2v) is 7.78. The van der Waals surface area contributed by atoms with Crippen molar-refractivity contribution >= 4 is 28.6 Å². The molecular formula is C26H22N4O3. The minimum absolute atomic E-state index is 0.0364. The van der Waals surface area contributed by atoms with Crippen LogP contribution < -0.4 is 5.56 Å². The zero-order valence-corrected chi connectivity index (χ0v) is 18.3. The van der Waals surface area contributed by atoms with Crippen molar-refractivity contribution in [1.82, 2.24) is 9.55 Å². The average Bonchev–Trinajstić information content (AvgIpc) is 3.22. The molecule has 0 amide bonds. The molecule has 0 fully saturated rings. The molecule has 33 heavy (non-hydrogen) atoms. The topological polar surface area (TPSA) is 111 Å². The maximum absolute atomic E-state index is 12.9. The van der Waals surface area contributed by atoms with Crippen LogP contribution in [0.15, 0.2) is 64.5 Å². The van der Waals surface area contributed by atoms with Gasteiger partial charge in [0.25, 0.3) is 5.56 Å². The van der Waals surface area contributed by atoms with E-state index in [1.807, 2.05) is 36.5 Å². The first-order valence-electron chi connectivity index (χ1n) is 10.5. The lowest BCUT2D eigenvalue weighted by Gasteiger charge is -2.14. The Kier molecular flexibility index (Phi) is 5.92. The number of aliphatic imine (C=N–C) groups is 1. The zero-order chi connectivity index (χ0) is 23.5. The van der Waals surface area contributed by atoms with Crippen LogP contribution in [0.5, 0.6) is 5.88 Å². The number of fused-ring (bicyclic) bond motifs is 1. The van der Waals surface area contributed by atoms with Gasteiger partial charge in [0.15, 0.2) is 5.78 Å². The molecule has 4 aromatic rings. The number of nitriles is 1. The molecule has 2 aromatic heterocycles. The zero-order valence-electron chi connectivity index (χ0n) is 18.3. The molecule has 2 heterocycles. The van der Waals surface area contributed by atoms with Crippen LogP contribution >= 0.6 is 0 Å². The number of pyridine rings is 1. The van der Waals surface area contributed by atoms with Gasteiger partial charge >= 0.3 is 0 Å². The summed E-state index contributed by atoms with van der Waals surface area (Å²) >= 11 is 0. The maximum Gasteiger partial charge on any atom is 0.271 e. The molecule has 0 spiro atoms. The highest BCUT2D eigenvalue weighted by molar-refractivity contribution is 5.95. The quantitative estimate of drug-likeness (QED) is 0.343. The monoisotopic (exact) mass is 438 g/mol. The summed E-state index contributed by atoms with van der Waals surface area (Å²) in [7, 11) is 0.